The van der Waals surface area contributed by atoms with Crippen LogP contribution in [-0.2, 0) is 10.0 Å². The standard InChI is InChI=1S/C25H24Cl2FN7O3S/c1-33(2)16-7-8-34(13-16)25(36)19-12-31-35-23(29)18(11-30-24(19)35)17-5-4-15(10-21(17)28)32-39(37,38)22-6-3-14(26)9-20(22)27/h3-6,9-12,16,32H,7-8,13,29H2,1-2H3. The Hall–Kier alpha value is -3.45. The quantitative estimate of drug-likeness (QED) is 0.347. The number of carbonyl (C=O) groups is 1. The topological polar surface area (TPSA) is 126 Å². The predicted molar refractivity (Wildman–Crippen MR) is 148 cm³/mol. The van der Waals surface area contributed by atoms with Gasteiger partial charge in [0.05, 0.1) is 16.9 Å². The molecule has 0 bridgehead atoms. The summed E-state index contributed by atoms with van der Waals surface area (Å²) in [5.41, 5.74) is 7.16. The molecule has 1 saturated heterocycles. The molecule has 0 aliphatic carbocycles. The number of nitrogens with zero attached hydrogens (tertiary/aromatic N) is 5. The Kier molecular flexibility index (Phi) is 7.14. The number of nitrogens with one attached hydrogen (secondary N) is 1. The number of benzene rings is 2. The van der Waals surface area contributed by atoms with Gasteiger partial charge in [0, 0.05) is 41.5 Å². The van der Waals surface area contributed by atoms with E-state index in [4.69, 9.17) is 28.9 Å². The third-order valence-corrected chi connectivity index (χ3v) is 8.77. The summed E-state index contributed by atoms with van der Waals surface area (Å²) in [5.74, 6) is -0.870. The van der Waals surface area contributed by atoms with E-state index < -0.39 is 15.8 Å². The fourth-order valence-electron chi connectivity index (χ4n) is 4.53. The van der Waals surface area contributed by atoms with E-state index in [9.17, 15) is 13.2 Å². The molecule has 1 unspecified atom stereocenters. The van der Waals surface area contributed by atoms with Gasteiger partial charge in [0.2, 0.25) is 0 Å². The van der Waals surface area contributed by atoms with Gasteiger partial charge in [-0.1, -0.05) is 23.2 Å². The van der Waals surface area contributed by atoms with Crippen molar-refractivity contribution in [1.82, 2.24) is 24.4 Å². The highest BCUT2D eigenvalue weighted by Gasteiger charge is 2.30. The molecule has 4 aromatic rings. The lowest BCUT2D eigenvalue weighted by molar-refractivity contribution is 0.0784. The minimum atomic E-state index is -4.11. The average molecular weight is 592 g/mol. The van der Waals surface area contributed by atoms with Crippen molar-refractivity contribution < 1.29 is 17.6 Å². The molecule has 5 rings (SSSR count). The summed E-state index contributed by atoms with van der Waals surface area (Å²) in [7, 11) is -0.150. The summed E-state index contributed by atoms with van der Waals surface area (Å²) in [6, 6.07) is 8.00. The molecule has 1 aliphatic heterocycles. The molecule has 1 amide bonds. The van der Waals surface area contributed by atoms with E-state index in [0.29, 0.717) is 18.7 Å². The number of aromatic nitrogens is 3. The molecule has 1 fully saturated rings. The smallest absolute Gasteiger partial charge is 0.263 e. The molecule has 10 nitrogen and oxygen atoms in total. The van der Waals surface area contributed by atoms with Crippen molar-refractivity contribution >= 4 is 56.3 Å². The van der Waals surface area contributed by atoms with Gasteiger partial charge in [-0.2, -0.15) is 9.61 Å². The normalized spacial score (nSPS) is 15.8. The number of likely N-dealkylation sites (tertiary alicyclic amines) is 1. The van der Waals surface area contributed by atoms with Crippen LogP contribution in [0.15, 0.2) is 53.7 Å². The monoisotopic (exact) mass is 591 g/mol. The van der Waals surface area contributed by atoms with E-state index in [1.54, 1.807) is 4.90 Å². The third kappa shape index (κ3) is 5.12. The first-order chi connectivity index (χ1) is 18.5. The Morgan fingerprint density at radius 3 is 2.59 bits per heavy atom. The molecule has 39 heavy (non-hydrogen) atoms. The molecule has 204 valence electrons. The van der Waals surface area contributed by atoms with Crippen LogP contribution in [0.25, 0.3) is 16.8 Å². The second-order valence-electron chi connectivity index (χ2n) is 9.38. The first kappa shape index (κ1) is 27.1. The highest BCUT2D eigenvalue weighted by atomic mass is 35.5. The van der Waals surface area contributed by atoms with Crippen LogP contribution in [0.3, 0.4) is 0 Å². The minimum absolute atomic E-state index is 0.0245. The van der Waals surface area contributed by atoms with Crippen LogP contribution in [0, 0.1) is 5.82 Å². The molecule has 1 aliphatic rings. The van der Waals surface area contributed by atoms with Crippen molar-refractivity contribution in [3.8, 4) is 11.1 Å². The lowest BCUT2D eigenvalue weighted by atomic mass is 10.1. The summed E-state index contributed by atoms with van der Waals surface area (Å²) in [6.45, 7) is 1.22. The first-order valence-corrected chi connectivity index (χ1v) is 14.1. The maximum absolute atomic E-state index is 15.2. The number of hydrogen-bond donors (Lipinski definition) is 2. The summed E-state index contributed by atoms with van der Waals surface area (Å²) in [5, 5.41) is 4.44. The number of hydrogen-bond acceptors (Lipinski definition) is 7. The van der Waals surface area contributed by atoms with Gasteiger partial charge in [-0.3, -0.25) is 9.52 Å². The van der Waals surface area contributed by atoms with Gasteiger partial charge in [-0.05, 0) is 56.9 Å². The molecule has 2 aromatic carbocycles. The van der Waals surface area contributed by atoms with E-state index in [1.807, 2.05) is 14.1 Å². The highest BCUT2D eigenvalue weighted by Crippen LogP contribution is 2.32. The molecule has 3 N–H and O–H groups in total. The zero-order valence-corrected chi connectivity index (χ0v) is 23.2. The number of halogens is 3. The van der Waals surface area contributed by atoms with Gasteiger partial charge < -0.3 is 15.5 Å². The van der Waals surface area contributed by atoms with Crippen LogP contribution in [0.5, 0.6) is 0 Å². The summed E-state index contributed by atoms with van der Waals surface area (Å²) < 4.78 is 44.3. The molecule has 0 saturated carbocycles. The number of nitrogen functional groups attached to an aromatic ring is 1. The van der Waals surface area contributed by atoms with Crippen LogP contribution in [0.4, 0.5) is 15.9 Å². The molecule has 0 spiro atoms. The molecule has 0 radical (unpaired) electrons. The van der Waals surface area contributed by atoms with E-state index in [1.165, 1.54) is 47.2 Å². The predicted octanol–water partition coefficient (Wildman–Crippen LogP) is 4.00. The Morgan fingerprint density at radius 2 is 1.92 bits per heavy atom. The summed E-state index contributed by atoms with van der Waals surface area (Å²) in [4.78, 5) is 21.1. The number of nitrogens with two attached hydrogens (primary N) is 1. The molecule has 14 heteroatoms. The SMILES string of the molecule is CN(C)C1CCN(C(=O)c2cnn3c(N)c(-c4ccc(NS(=O)(=O)c5ccc(Cl)cc5Cl)cc4F)cnc23)C1. The zero-order chi connectivity index (χ0) is 28.1. The van der Waals surface area contributed by atoms with Crippen LogP contribution in [-0.4, -0.2) is 71.9 Å². The second kappa shape index (κ2) is 10.3. The van der Waals surface area contributed by atoms with Crippen LogP contribution < -0.4 is 10.5 Å². The molecule has 1 atom stereocenters. The maximum Gasteiger partial charge on any atom is 0.263 e. The van der Waals surface area contributed by atoms with Crippen molar-refractivity contribution in [2.45, 2.75) is 17.4 Å². The minimum Gasteiger partial charge on any atom is -0.383 e. The van der Waals surface area contributed by atoms with Gasteiger partial charge in [-0.25, -0.2) is 17.8 Å². The van der Waals surface area contributed by atoms with Crippen molar-refractivity contribution in [3.05, 3.63) is 70.2 Å². The Labute approximate surface area is 234 Å². The van der Waals surface area contributed by atoms with Crippen molar-refractivity contribution in [3.63, 3.8) is 0 Å². The van der Waals surface area contributed by atoms with Crippen molar-refractivity contribution in [2.24, 2.45) is 0 Å². The number of likely N-dealkylation sites (N-methyl/N-ethyl adjacent to an activating group) is 1. The van der Waals surface area contributed by atoms with Gasteiger partial charge >= 0.3 is 0 Å². The lowest BCUT2D eigenvalue weighted by Crippen LogP contribution is -2.34. The van der Waals surface area contributed by atoms with Crippen LogP contribution in [0.1, 0.15) is 16.8 Å². The third-order valence-electron chi connectivity index (χ3n) is 6.67. The Balaban J connectivity index is 1.41. The molecule has 3 heterocycles. The number of fused-ring (bicyclic) bond motifs is 1. The number of rotatable bonds is 6. The maximum atomic E-state index is 15.2. The fraction of sp³-hybridized carbons (Fsp3) is 0.240. The van der Waals surface area contributed by atoms with Gasteiger partial charge in [0.15, 0.2) is 5.65 Å². The van der Waals surface area contributed by atoms with E-state index >= 15 is 4.39 Å². The van der Waals surface area contributed by atoms with E-state index in [0.717, 1.165) is 12.5 Å². The van der Waals surface area contributed by atoms with Gasteiger partial charge in [0.25, 0.3) is 15.9 Å². The Morgan fingerprint density at radius 1 is 1.15 bits per heavy atom. The number of anilines is 2. The van der Waals surface area contributed by atoms with E-state index in [-0.39, 0.29) is 55.2 Å². The Bertz CT molecular complexity index is 1710. The zero-order valence-electron chi connectivity index (χ0n) is 20.9. The molecular formula is C25H24Cl2FN7O3S. The van der Waals surface area contributed by atoms with Gasteiger partial charge in [0.1, 0.15) is 22.1 Å². The average Bonchev–Trinajstić information content (AvgIpc) is 3.52. The number of carbonyl (C=O) groups excluding carboxylic acids is 1. The van der Waals surface area contributed by atoms with Crippen molar-refractivity contribution in [2.75, 3.05) is 37.6 Å². The molecule has 2 aromatic heterocycles. The number of sulfonamides is 1. The van der Waals surface area contributed by atoms with Gasteiger partial charge in [-0.15, -0.1) is 0 Å². The second-order valence-corrected chi connectivity index (χ2v) is 11.9. The summed E-state index contributed by atoms with van der Waals surface area (Å²) in [6.07, 6.45) is 3.64. The van der Waals surface area contributed by atoms with Crippen LogP contribution in [0.2, 0.25) is 10.0 Å². The first-order valence-electron chi connectivity index (χ1n) is 11.8. The lowest BCUT2D eigenvalue weighted by Gasteiger charge is -2.20. The summed E-state index contributed by atoms with van der Waals surface area (Å²) >= 11 is 11.9. The highest BCUT2D eigenvalue weighted by molar-refractivity contribution is 7.92. The number of amides is 1. The molecular weight excluding hydrogens is 568 g/mol. The fourth-order valence-corrected chi connectivity index (χ4v) is 6.35. The van der Waals surface area contributed by atoms with Crippen LogP contribution >= 0.6 is 23.2 Å². The van der Waals surface area contributed by atoms with E-state index in [2.05, 4.69) is 19.7 Å². The largest absolute Gasteiger partial charge is 0.383 e. The van der Waals surface area contributed by atoms with Crippen molar-refractivity contribution in [1.29, 1.82) is 0 Å².